The number of aliphatic hydroxyl groups is 2. The first-order valence-electron chi connectivity index (χ1n) is 6.76. The lowest BCUT2D eigenvalue weighted by Gasteiger charge is -2.31. The monoisotopic (exact) mass is 250 g/mol. The lowest BCUT2D eigenvalue weighted by atomic mass is 10.1. The van der Waals surface area contributed by atoms with Crippen LogP contribution in [0.3, 0.4) is 0 Å². The van der Waals surface area contributed by atoms with Gasteiger partial charge in [0.2, 0.25) is 0 Å². The van der Waals surface area contributed by atoms with Gasteiger partial charge in [-0.15, -0.1) is 0 Å². The molecule has 1 aliphatic heterocycles. The van der Waals surface area contributed by atoms with Gasteiger partial charge in [-0.25, -0.2) is 4.98 Å². The molecule has 0 aromatic carbocycles. The topological polar surface area (TPSA) is 56.6 Å². The Hall–Kier alpha value is -1.13. The predicted octanol–water partition coefficient (Wildman–Crippen LogP) is 1.49. The van der Waals surface area contributed by atoms with Gasteiger partial charge in [0.05, 0.1) is 12.7 Å². The first-order chi connectivity index (χ1) is 8.72. The van der Waals surface area contributed by atoms with Crippen molar-refractivity contribution in [3.63, 3.8) is 0 Å². The van der Waals surface area contributed by atoms with Crippen LogP contribution in [-0.4, -0.2) is 34.4 Å². The number of aliphatic hydroxyl groups excluding tert-OH is 2. The normalized spacial score (nSPS) is 17.2. The third kappa shape index (κ3) is 3.21. The van der Waals surface area contributed by atoms with Crippen LogP contribution >= 0.6 is 0 Å². The summed E-state index contributed by atoms with van der Waals surface area (Å²) in [4.78, 5) is 6.85. The number of nitrogens with zero attached hydrogens (tertiary/aromatic N) is 2. The molecule has 0 atom stereocenters. The molecule has 4 heteroatoms. The van der Waals surface area contributed by atoms with Gasteiger partial charge in [-0.1, -0.05) is 13.3 Å². The summed E-state index contributed by atoms with van der Waals surface area (Å²) in [6.07, 6.45) is 3.43. The van der Waals surface area contributed by atoms with Gasteiger partial charge in [-0.05, 0) is 37.0 Å². The number of pyridine rings is 1. The second-order valence-corrected chi connectivity index (χ2v) is 4.95. The van der Waals surface area contributed by atoms with Crippen LogP contribution in [0.2, 0.25) is 0 Å². The van der Waals surface area contributed by atoms with Crippen molar-refractivity contribution in [2.75, 3.05) is 18.0 Å². The Morgan fingerprint density at radius 2 is 2.06 bits per heavy atom. The molecule has 0 spiro atoms. The highest BCUT2D eigenvalue weighted by Gasteiger charge is 2.18. The van der Waals surface area contributed by atoms with Crippen molar-refractivity contribution in [3.05, 3.63) is 23.4 Å². The Labute approximate surface area is 108 Å². The number of aromatic nitrogens is 1. The van der Waals surface area contributed by atoms with Crippen LogP contribution in [0.15, 0.2) is 12.1 Å². The van der Waals surface area contributed by atoms with Crippen molar-refractivity contribution in [2.45, 2.75) is 45.3 Å². The Bertz CT molecular complexity index is 387. The molecule has 2 N–H and O–H groups in total. The molecule has 1 saturated heterocycles. The molecule has 1 fully saturated rings. The lowest BCUT2D eigenvalue weighted by molar-refractivity contribution is 0.145. The van der Waals surface area contributed by atoms with Crippen molar-refractivity contribution < 1.29 is 10.2 Å². The van der Waals surface area contributed by atoms with Gasteiger partial charge in [0.25, 0.3) is 0 Å². The van der Waals surface area contributed by atoms with E-state index >= 15 is 0 Å². The average Bonchev–Trinajstić information content (AvgIpc) is 2.39. The number of aryl methyl sites for hydroxylation is 1. The minimum absolute atomic E-state index is 0.0582. The molecule has 0 aliphatic carbocycles. The van der Waals surface area contributed by atoms with Crippen LogP contribution in [0.1, 0.15) is 37.4 Å². The van der Waals surface area contributed by atoms with Gasteiger partial charge in [-0.2, -0.15) is 0 Å². The lowest BCUT2D eigenvalue weighted by Crippen LogP contribution is -2.36. The average molecular weight is 250 g/mol. The molecule has 1 aromatic heterocycles. The molecule has 0 bridgehead atoms. The van der Waals surface area contributed by atoms with Crippen LogP contribution in [0.4, 0.5) is 5.82 Å². The van der Waals surface area contributed by atoms with E-state index in [1.54, 1.807) is 0 Å². The van der Waals surface area contributed by atoms with Gasteiger partial charge in [-0.3, -0.25) is 0 Å². The number of piperidine rings is 1. The maximum atomic E-state index is 9.53. The molecule has 100 valence electrons. The largest absolute Gasteiger partial charge is 0.393 e. The zero-order valence-electron chi connectivity index (χ0n) is 11.0. The minimum Gasteiger partial charge on any atom is -0.393 e. The fourth-order valence-electron chi connectivity index (χ4n) is 2.37. The predicted molar refractivity (Wildman–Crippen MR) is 71.6 cm³/mol. The van der Waals surface area contributed by atoms with Gasteiger partial charge >= 0.3 is 0 Å². The maximum absolute atomic E-state index is 9.53. The van der Waals surface area contributed by atoms with Crippen molar-refractivity contribution in [1.82, 2.24) is 4.98 Å². The molecule has 0 radical (unpaired) electrons. The van der Waals surface area contributed by atoms with E-state index in [0.29, 0.717) is 0 Å². The molecule has 0 saturated carbocycles. The van der Waals surface area contributed by atoms with E-state index in [2.05, 4.69) is 16.8 Å². The first kappa shape index (κ1) is 13.3. The van der Waals surface area contributed by atoms with E-state index in [1.807, 2.05) is 12.1 Å². The highest BCUT2D eigenvalue weighted by Crippen LogP contribution is 2.20. The van der Waals surface area contributed by atoms with Gasteiger partial charge in [0.15, 0.2) is 0 Å². The summed E-state index contributed by atoms with van der Waals surface area (Å²) in [7, 11) is 0. The summed E-state index contributed by atoms with van der Waals surface area (Å²) in [6, 6.07) is 3.93. The number of hydrogen-bond acceptors (Lipinski definition) is 4. The van der Waals surface area contributed by atoms with E-state index in [0.717, 1.165) is 55.8 Å². The quantitative estimate of drug-likeness (QED) is 0.850. The van der Waals surface area contributed by atoms with Crippen LogP contribution in [0.5, 0.6) is 0 Å². The molecule has 18 heavy (non-hydrogen) atoms. The van der Waals surface area contributed by atoms with Crippen LogP contribution in [0.25, 0.3) is 0 Å². The Kier molecular flexibility index (Phi) is 4.55. The summed E-state index contributed by atoms with van der Waals surface area (Å²) in [5, 5.41) is 18.8. The fraction of sp³-hybridized carbons (Fsp3) is 0.643. The third-order valence-electron chi connectivity index (χ3n) is 3.40. The van der Waals surface area contributed by atoms with E-state index in [-0.39, 0.29) is 12.7 Å². The van der Waals surface area contributed by atoms with E-state index in [4.69, 9.17) is 0 Å². The van der Waals surface area contributed by atoms with Gasteiger partial charge in [0.1, 0.15) is 5.82 Å². The van der Waals surface area contributed by atoms with Crippen molar-refractivity contribution >= 4 is 5.82 Å². The maximum Gasteiger partial charge on any atom is 0.129 e. The summed E-state index contributed by atoms with van der Waals surface area (Å²) >= 11 is 0. The molecule has 0 unspecified atom stereocenters. The van der Waals surface area contributed by atoms with E-state index in [9.17, 15) is 10.2 Å². The zero-order valence-corrected chi connectivity index (χ0v) is 11.0. The second-order valence-electron chi connectivity index (χ2n) is 4.95. The smallest absolute Gasteiger partial charge is 0.129 e. The Balaban J connectivity index is 2.17. The van der Waals surface area contributed by atoms with Crippen molar-refractivity contribution in [2.24, 2.45) is 0 Å². The number of hydrogen-bond donors (Lipinski definition) is 2. The molecular formula is C14H22N2O2. The highest BCUT2D eigenvalue weighted by molar-refractivity contribution is 5.43. The molecule has 2 rings (SSSR count). The zero-order chi connectivity index (χ0) is 13.0. The molecule has 0 amide bonds. The molecular weight excluding hydrogens is 228 g/mol. The Morgan fingerprint density at radius 3 is 2.67 bits per heavy atom. The molecule has 1 aromatic rings. The second kappa shape index (κ2) is 6.16. The minimum atomic E-state index is -0.169. The van der Waals surface area contributed by atoms with Crippen molar-refractivity contribution in [3.8, 4) is 0 Å². The van der Waals surface area contributed by atoms with Crippen LogP contribution < -0.4 is 4.90 Å². The van der Waals surface area contributed by atoms with Crippen LogP contribution in [-0.2, 0) is 13.0 Å². The Morgan fingerprint density at radius 1 is 1.33 bits per heavy atom. The number of rotatable bonds is 4. The highest BCUT2D eigenvalue weighted by atomic mass is 16.3. The first-order valence-corrected chi connectivity index (χ1v) is 6.76. The molecule has 2 heterocycles. The van der Waals surface area contributed by atoms with E-state index in [1.165, 1.54) is 0 Å². The number of anilines is 1. The summed E-state index contributed by atoms with van der Waals surface area (Å²) in [5.41, 5.74) is 1.97. The van der Waals surface area contributed by atoms with E-state index < -0.39 is 0 Å². The van der Waals surface area contributed by atoms with Crippen molar-refractivity contribution in [1.29, 1.82) is 0 Å². The standard InChI is InChI=1S/C14H22N2O2/c1-2-3-12-8-11(10-17)9-14(15-12)16-6-4-13(18)5-7-16/h8-9,13,17-18H,2-7,10H2,1H3. The summed E-state index contributed by atoms with van der Waals surface area (Å²) in [5.74, 6) is 0.942. The third-order valence-corrected chi connectivity index (χ3v) is 3.40. The van der Waals surface area contributed by atoms with Gasteiger partial charge < -0.3 is 15.1 Å². The fourth-order valence-corrected chi connectivity index (χ4v) is 2.37. The van der Waals surface area contributed by atoms with Gasteiger partial charge in [0, 0.05) is 18.8 Å². The summed E-state index contributed by atoms with van der Waals surface area (Å²) in [6.45, 7) is 3.87. The summed E-state index contributed by atoms with van der Waals surface area (Å²) < 4.78 is 0. The van der Waals surface area contributed by atoms with Crippen LogP contribution in [0, 0.1) is 0 Å². The SMILES string of the molecule is CCCc1cc(CO)cc(N2CCC(O)CC2)n1. The molecule has 4 nitrogen and oxygen atoms in total. The molecule has 1 aliphatic rings.